The van der Waals surface area contributed by atoms with Crippen LogP contribution in [-0.2, 0) is 0 Å². The second-order valence-corrected chi connectivity index (χ2v) is 7.17. The number of aromatic nitrogens is 1. The summed E-state index contributed by atoms with van der Waals surface area (Å²) in [4.78, 5) is 8.03. The van der Waals surface area contributed by atoms with Crippen LogP contribution in [0, 0.1) is 11.3 Å². The molecule has 6 heteroatoms. The molecule has 0 amide bonds. The van der Waals surface area contributed by atoms with Gasteiger partial charge in [-0.15, -0.1) is 0 Å². The lowest BCUT2D eigenvalue weighted by Crippen LogP contribution is -2.46. The number of aromatic amines is 1. The van der Waals surface area contributed by atoms with Gasteiger partial charge in [0, 0.05) is 42.6 Å². The molecule has 0 radical (unpaired) electrons. The molecule has 1 N–H and O–H groups in total. The Balaban J connectivity index is 1.49. The Morgan fingerprint density at radius 2 is 1.61 bits per heavy atom. The van der Waals surface area contributed by atoms with Gasteiger partial charge in [0.2, 0.25) is 0 Å². The summed E-state index contributed by atoms with van der Waals surface area (Å²) < 4.78 is 5.23. The van der Waals surface area contributed by atoms with E-state index in [0.717, 1.165) is 49.0 Å². The zero-order valence-corrected chi connectivity index (χ0v) is 16.4. The highest BCUT2D eigenvalue weighted by Gasteiger charge is 2.22. The lowest BCUT2D eigenvalue weighted by Gasteiger charge is -2.36. The van der Waals surface area contributed by atoms with E-state index in [0.29, 0.717) is 10.6 Å². The van der Waals surface area contributed by atoms with Crippen LogP contribution in [0.5, 0.6) is 5.75 Å². The first-order valence-electron chi connectivity index (χ1n) is 9.21. The van der Waals surface area contributed by atoms with E-state index in [4.69, 9.17) is 16.3 Å². The molecule has 0 spiro atoms. The summed E-state index contributed by atoms with van der Waals surface area (Å²) in [6, 6.07) is 20.0. The van der Waals surface area contributed by atoms with E-state index in [2.05, 4.69) is 33.0 Å². The Morgan fingerprint density at radius 1 is 0.964 bits per heavy atom. The van der Waals surface area contributed by atoms with Gasteiger partial charge in [0.1, 0.15) is 17.6 Å². The van der Waals surface area contributed by atoms with Crippen LogP contribution in [0.1, 0.15) is 5.56 Å². The third kappa shape index (κ3) is 3.64. The van der Waals surface area contributed by atoms with Crippen molar-refractivity contribution in [3.05, 3.63) is 65.2 Å². The Kier molecular flexibility index (Phi) is 5.14. The number of H-pyrrole nitrogens is 1. The molecule has 2 aromatic carbocycles. The number of nitriles is 1. The predicted octanol–water partition coefficient (Wildman–Crippen LogP) is 4.54. The molecule has 3 aromatic rings. The van der Waals surface area contributed by atoms with Gasteiger partial charge in [-0.2, -0.15) is 5.26 Å². The number of halogens is 1. The van der Waals surface area contributed by atoms with Crippen molar-refractivity contribution in [1.29, 1.82) is 5.26 Å². The maximum Gasteiger partial charge on any atom is 0.124 e. The summed E-state index contributed by atoms with van der Waals surface area (Å²) in [6.07, 6.45) is 0. The van der Waals surface area contributed by atoms with Crippen molar-refractivity contribution in [2.24, 2.45) is 0 Å². The smallest absolute Gasteiger partial charge is 0.124 e. The molecule has 5 nitrogen and oxygen atoms in total. The van der Waals surface area contributed by atoms with Crippen LogP contribution in [0.25, 0.3) is 11.3 Å². The summed E-state index contributed by atoms with van der Waals surface area (Å²) >= 11 is 5.98. The minimum atomic E-state index is 0.669. The van der Waals surface area contributed by atoms with E-state index in [1.807, 2.05) is 42.5 Å². The van der Waals surface area contributed by atoms with Crippen LogP contribution in [0.4, 0.5) is 11.5 Å². The number of nitrogens with zero attached hydrogens (tertiary/aromatic N) is 3. The van der Waals surface area contributed by atoms with E-state index >= 15 is 0 Å². The maximum atomic E-state index is 9.59. The van der Waals surface area contributed by atoms with Crippen molar-refractivity contribution in [3.8, 4) is 23.1 Å². The zero-order chi connectivity index (χ0) is 19.5. The molecule has 1 aliphatic heterocycles. The molecule has 142 valence electrons. The SMILES string of the molecule is COc1ccc(N2CCN(c3[nH]c(-c4ccc(Cl)cc4)cc3C#N)CC2)cc1. The second kappa shape index (κ2) is 7.87. The molecule has 1 aromatic heterocycles. The summed E-state index contributed by atoms with van der Waals surface area (Å²) in [5.41, 5.74) is 3.81. The Hall–Kier alpha value is -3.10. The highest BCUT2D eigenvalue weighted by atomic mass is 35.5. The van der Waals surface area contributed by atoms with Crippen molar-refractivity contribution in [2.75, 3.05) is 43.1 Å². The van der Waals surface area contributed by atoms with Gasteiger partial charge in [0.05, 0.1) is 12.7 Å². The monoisotopic (exact) mass is 392 g/mol. The van der Waals surface area contributed by atoms with Crippen molar-refractivity contribution in [3.63, 3.8) is 0 Å². The van der Waals surface area contributed by atoms with E-state index < -0.39 is 0 Å². The molecular weight excluding hydrogens is 372 g/mol. The molecule has 1 aliphatic rings. The Bertz CT molecular complexity index is 981. The molecule has 1 saturated heterocycles. The average Bonchev–Trinajstić information content (AvgIpc) is 3.19. The summed E-state index contributed by atoms with van der Waals surface area (Å²) in [6.45, 7) is 3.49. The fourth-order valence-corrected chi connectivity index (χ4v) is 3.67. The summed E-state index contributed by atoms with van der Waals surface area (Å²) in [7, 11) is 1.68. The van der Waals surface area contributed by atoms with Crippen molar-refractivity contribution in [1.82, 2.24) is 4.98 Å². The van der Waals surface area contributed by atoms with Crippen LogP contribution in [-0.4, -0.2) is 38.3 Å². The molecule has 1 fully saturated rings. The van der Waals surface area contributed by atoms with E-state index in [1.54, 1.807) is 7.11 Å². The number of hydrogen-bond acceptors (Lipinski definition) is 4. The van der Waals surface area contributed by atoms with Gasteiger partial charge in [-0.25, -0.2) is 0 Å². The number of nitrogens with one attached hydrogen (secondary N) is 1. The third-order valence-corrected chi connectivity index (χ3v) is 5.36. The van der Waals surface area contributed by atoms with Gasteiger partial charge in [0.15, 0.2) is 0 Å². The fourth-order valence-electron chi connectivity index (χ4n) is 3.54. The van der Waals surface area contributed by atoms with Crippen molar-refractivity contribution in [2.45, 2.75) is 0 Å². The molecule has 2 heterocycles. The average molecular weight is 393 g/mol. The minimum absolute atomic E-state index is 0.669. The number of hydrogen-bond donors (Lipinski definition) is 1. The van der Waals surface area contributed by atoms with Gasteiger partial charge in [-0.3, -0.25) is 0 Å². The number of methoxy groups -OCH3 is 1. The number of benzene rings is 2. The number of ether oxygens (including phenoxy) is 1. The number of anilines is 2. The summed E-state index contributed by atoms with van der Waals surface area (Å²) in [5, 5.41) is 10.3. The third-order valence-electron chi connectivity index (χ3n) is 5.11. The first-order chi connectivity index (χ1) is 13.7. The van der Waals surface area contributed by atoms with E-state index in [9.17, 15) is 5.26 Å². The van der Waals surface area contributed by atoms with Gasteiger partial charge in [-0.05, 0) is 48.0 Å². The molecule has 0 bridgehead atoms. The van der Waals surface area contributed by atoms with E-state index in [1.165, 1.54) is 5.69 Å². The quantitative estimate of drug-likeness (QED) is 0.708. The molecule has 0 aliphatic carbocycles. The Morgan fingerprint density at radius 3 is 2.21 bits per heavy atom. The van der Waals surface area contributed by atoms with Crippen LogP contribution in [0.2, 0.25) is 5.02 Å². The molecule has 28 heavy (non-hydrogen) atoms. The highest BCUT2D eigenvalue weighted by Crippen LogP contribution is 2.29. The van der Waals surface area contributed by atoms with Crippen LogP contribution >= 0.6 is 11.6 Å². The fraction of sp³-hybridized carbons (Fsp3) is 0.227. The van der Waals surface area contributed by atoms with Crippen LogP contribution in [0.3, 0.4) is 0 Å². The van der Waals surface area contributed by atoms with Crippen LogP contribution in [0.15, 0.2) is 54.6 Å². The predicted molar refractivity (Wildman–Crippen MR) is 113 cm³/mol. The van der Waals surface area contributed by atoms with Gasteiger partial charge < -0.3 is 19.5 Å². The van der Waals surface area contributed by atoms with Gasteiger partial charge >= 0.3 is 0 Å². The highest BCUT2D eigenvalue weighted by molar-refractivity contribution is 6.30. The number of rotatable bonds is 4. The topological polar surface area (TPSA) is 55.3 Å². The standard InChI is InChI=1S/C22H21ClN4O/c1-28-20-8-6-19(7-9-20)26-10-12-27(13-11-26)22-17(15-24)14-21(25-22)16-2-4-18(23)5-3-16/h2-9,14,25H,10-13H2,1H3. The van der Waals surface area contributed by atoms with Crippen LogP contribution < -0.4 is 14.5 Å². The minimum Gasteiger partial charge on any atom is -0.497 e. The van der Waals surface area contributed by atoms with Gasteiger partial charge in [0.25, 0.3) is 0 Å². The molecule has 0 saturated carbocycles. The lowest BCUT2D eigenvalue weighted by atomic mass is 10.1. The second-order valence-electron chi connectivity index (χ2n) is 6.74. The van der Waals surface area contributed by atoms with Gasteiger partial charge in [-0.1, -0.05) is 23.7 Å². The molecular formula is C22H21ClN4O. The zero-order valence-electron chi connectivity index (χ0n) is 15.7. The molecule has 4 rings (SSSR count). The normalized spacial score (nSPS) is 14.0. The Labute approximate surface area is 169 Å². The molecule has 0 atom stereocenters. The first-order valence-corrected chi connectivity index (χ1v) is 9.59. The maximum absolute atomic E-state index is 9.59. The number of piperazine rings is 1. The summed E-state index contributed by atoms with van der Waals surface area (Å²) in [5.74, 6) is 1.75. The lowest BCUT2D eigenvalue weighted by molar-refractivity contribution is 0.415. The first kappa shape index (κ1) is 18.3. The van der Waals surface area contributed by atoms with Crippen molar-refractivity contribution < 1.29 is 4.74 Å². The van der Waals surface area contributed by atoms with Crippen molar-refractivity contribution >= 4 is 23.1 Å². The largest absolute Gasteiger partial charge is 0.497 e. The van der Waals surface area contributed by atoms with E-state index in [-0.39, 0.29) is 0 Å². The molecule has 0 unspecified atom stereocenters.